The van der Waals surface area contributed by atoms with Gasteiger partial charge in [0.15, 0.2) is 0 Å². The number of hydrogen-bond acceptors (Lipinski definition) is 5. The Balaban J connectivity index is 1.73. The SMILES string of the molecule is Cc1nnc(NC(=O)CSCc2ccc(F)cc2)s1. The van der Waals surface area contributed by atoms with Gasteiger partial charge in [0.05, 0.1) is 5.75 Å². The molecule has 7 heteroatoms. The summed E-state index contributed by atoms with van der Waals surface area (Å²) < 4.78 is 12.7. The number of nitrogens with zero attached hydrogens (tertiary/aromatic N) is 2. The van der Waals surface area contributed by atoms with Crippen molar-refractivity contribution in [1.82, 2.24) is 10.2 Å². The average molecular weight is 297 g/mol. The van der Waals surface area contributed by atoms with Crippen molar-refractivity contribution in [3.8, 4) is 0 Å². The highest BCUT2D eigenvalue weighted by Gasteiger charge is 2.06. The number of carbonyl (C=O) groups is 1. The number of anilines is 1. The van der Waals surface area contributed by atoms with E-state index >= 15 is 0 Å². The van der Waals surface area contributed by atoms with Crippen LogP contribution in [0.25, 0.3) is 0 Å². The highest BCUT2D eigenvalue weighted by Crippen LogP contribution is 2.16. The van der Waals surface area contributed by atoms with Crippen LogP contribution in [0.5, 0.6) is 0 Å². The molecule has 0 saturated heterocycles. The first-order valence-electron chi connectivity index (χ1n) is 5.55. The van der Waals surface area contributed by atoms with Crippen LogP contribution in [0.4, 0.5) is 9.52 Å². The molecule has 0 saturated carbocycles. The molecule has 1 amide bonds. The molecule has 1 aromatic carbocycles. The number of thioether (sulfide) groups is 1. The number of rotatable bonds is 5. The molecule has 0 aliphatic carbocycles. The van der Waals surface area contributed by atoms with Gasteiger partial charge in [0.1, 0.15) is 10.8 Å². The summed E-state index contributed by atoms with van der Waals surface area (Å²) in [6.45, 7) is 1.83. The Hall–Kier alpha value is -1.47. The first-order valence-corrected chi connectivity index (χ1v) is 7.53. The van der Waals surface area contributed by atoms with Gasteiger partial charge in [-0.1, -0.05) is 23.5 Å². The van der Waals surface area contributed by atoms with Crippen molar-refractivity contribution < 1.29 is 9.18 Å². The summed E-state index contributed by atoms with van der Waals surface area (Å²) in [5.74, 6) is 0.639. The average Bonchev–Trinajstić information content (AvgIpc) is 2.77. The molecule has 1 aromatic heterocycles. The second-order valence-corrected chi connectivity index (χ2v) is 5.96. The van der Waals surface area contributed by atoms with Crippen molar-refractivity contribution in [2.45, 2.75) is 12.7 Å². The minimum Gasteiger partial charge on any atom is -0.300 e. The minimum atomic E-state index is -0.252. The third-order valence-corrected chi connectivity index (χ3v) is 3.95. The first kappa shape index (κ1) is 14.0. The summed E-state index contributed by atoms with van der Waals surface area (Å²) in [5.41, 5.74) is 0.992. The van der Waals surface area contributed by atoms with Gasteiger partial charge < -0.3 is 0 Å². The molecular weight excluding hydrogens is 285 g/mol. The van der Waals surface area contributed by atoms with Crippen LogP contribution >= 0.6 is 23.1 Å². The summed E-state index contributed by atoms with van der Waals surface area (Å²) in [4.78, 5) is 11.6. The van der Waals surface area contributed by atoms with E-state index in [9.17, 15) is 9.18 Å². The molecule has 1 N–H and O–H groups in total. The summed E-state index contributed by atoms with van der Waals surface area (Å²) in [6.07, 6.45) is 0. The molecule has 0 fully saturated rings. The smallest absolute Gasteiger partial charge is 0.236 e. The Morgan fingerprint density at radius 1 is 1.37 bits per heavy atom. The predicted molar refractivity (Wildman–Crippen MR) is 75.8 cm³/mol. The molecule has 0 atom stereocenters. The van der Waals surface area contributed by atoms with E-state index in [4.69, 9.17) is 0 Å². The third kappa shape index (κ3) is 4.60. The fraction of sp³-hybridized carbons (Fsp3) is 0.250. The largest absolute Gasteiger partial charge is 0.300 e. The molecule has 0 bridgehead atoms. The van der Waals surface area contributed by atoms with Gasteiger partial charge in [0.2, 0.25) is 11.0 Å². The zero-order valence-corrected chi connectivity index (χ0v) is 11.9. The fourth-order valence-corrected chi connectivity index (χ4v) is 2.74. The van der Waals surface area contributed by atoms with Crippen LogP contribution in [-0.2, 0) is 10.5 Å². The second-order valence-electron chi connectivity index (χ2n) is 3.79. The van der Waals surface area contributed by atoms with Gasteiger partial charge in [0, 0.05) is 5.75 Å². The van der Waals surface area contributed by atoms with Crippen LogP contribution in [0.2, 0.25) is 0 Å². The zero-order valence-electron chi connectivity index (χ0n) is 10.2. The number of amides is 1. The summed E-state index contributed by atoms with van der Waals surface area (Å²) >= 11 is 2.81. The highest BCUT2D eigenvalue weighted by molar-refractivity contribution is 7.99. The molecule has 1 heterocycles. The van der Waals surface area contributed by atoms with Crippen molar-refractivity contribution in [3.63, 3.8) is 0 Å². The lowest BCUT2D eigenvalue weighted by Gasteiger charge is -2.02. The Bertz CT molecular complexity index is 556. The Morgan fingerprint density at radius 3 is 2.74 bits per heavy atom. The topological polar surface area (TPSA) is 54.9 Å². The molecular formula is C12H12FN3OS2. The quantitative estimate of drug-likeness (QED) is 0.922. The van der Waals surface area contributed by atoms with Crippen molar-refractivity contribution in [1.29, 1.82) is 0 Å². The van der Waals surface area contributed by atoms with E-state index in [1.807, 2.05) is 6.92 Å². The number of aromatic nitrogens is 2. The molecule has 100 valence electrons. The number of aryl methyl sites for hydroxylation is 1. The lowest BCUT2D eigenvalue weighted by Crippen LogP contribution is -2.13. The van der Waals surface area contributed by atoms with E-state index in [-0.39, 0.29) is 11.7 Å². The maximum absolute atomic E-state index is 12.7. The standard InChI is InChI=1S/C12H12FN3OS2/c1-8-15-16-12(19-8)14-11(17)7-18-6-9-2-4-10(13)5-3-9/h2-5H,6-7H2,1H3,(H,14,16,17). The molecule has 0 aliphatic heterocycles. The van der Waals surface area contributed by atoms with Gasteiger partial charge in [-0.05, 0) is 24.6 Å². The Morgan fingerprint density at radius 2 is 2.11 bits per heavy atom. The van der Waals surface area contributed by atoms with E-state index in [1.165, 1.54) is 35.2 Å². The Labute approximate surface area is 118 Å². The zero-order chi connectivity index (χ0) is 13.7. The van der Waals surface area contributed by atoms with Crippen molar-refractivity contribution in [3.05, 3.63) is 40.7 Å². The third-order valence-electron chi connectivity index (χ3n) is 2.19. The van der Waals surface area contributed by atoms with Crippen LogP contribution in [-0.4, -0.2) is 21.9 Å². The van der Waals surface area contributed by atoms with E-state index in [0.717, 1.165) is 10.6 Å². The molecule has 19 heavy (non-hydrogen) atoms. The maximum atomic E-state index is 12.7. The number of halogens is 1. The van der Waals surface area contributed by atoms with Gasteiger partial charge in [0.25, 0.3) is 0 Å². The molecule has 0 unspecified atom stereocenters. The van der Waals surface area contributed by atoms with Crippen LogP contribution in [0.3, 0.4) is 0 Å². The van der Waals surface area contributed by atoms with Gasteiger partial charge in [-0.2, -0.15) is 0 Å². The number of hydrogen-bond donors (Lipinski definition) is 1. The van der Waals surface area contributed by atoms with Crippen LogP contribution in [0, 0.1) is 12.7 Å². The molecule has 0 spiro atoms. The molecule has 0 aliphatic rings. The van der Waals surface area contributed by atoms with Gasteiger partial charge in [-0.15, -0.1) is 22.0 Å². The van der Waals surface area contributed by atoms with Crippen LogP contribution in [0.15, 0.2) is 24.3 Å². The van der Waals surface area contributed by atoms with Crippen molar-refractivity contribution in [2.24, 2.45) is 0 Å². The summed E-state index contributed by atoms with van der Waals surface area (Å²) in [6, 6.07) is 6.27. The van der Waals surface area contributed by atoms with Gasteiger partial charge in [-0.3, -0.25) is 10.1 Å². The number of carbonyl (C=O) groups excluding carboxylic acids is 1. The fourth-order valence-electron chi connectivity index (χ4n) is 1.34. The number of nitrogens with one attached hydrogen (secondary N) is 1. The van der Waals surface area contributed by atoms with Crippen LogP contribution in [0.1, 0.15) is 10.6 Å². The predicted octanol–water partition coefficient (Wildman–Crippen LogP) is 2.86. The Kier molecular flexibility index (Phi) is 4.86. The maximum Gasteiger partial charge on any atom is 0.236 e. The molecule has 4 nitrogen and oxygen atoms in total. The van der Waals surface area contributed by atoms with Gasteiger partial charge in [-0.25, -0.2) is 4.39 Å². The summed E-state index contributed by atoms with van der Waals surface area (Å²) in [5, 5.41) is 11.7. The van der Waals surface area contributed by atoms with E-state index in [0.29, 0.717) is 16.6 Å². The lowest BCUT2D eigenvalue weighted by molar-refractivity contribution is -0.113. The first-order chi connectivity index (χ1) is 9.13. The van der Waals surface area contributed by atoms with Crippen molar-refractivity contribution >= 4 is 34.1 Å². The van der Waals surface area contributed by atoms with Crippen molar-refractivity contribution in [2.75, 3.05) is 11.1 Å². The molecule has 2 aromatic rings. The second kappa shape index (κ2) is 6.63. The lowest BCUT2D eigenvalue weighted by atomic mass is 10.2. The summed E-state index contributed by atoms with van der Waals surface area (Å²) in [7, 11) is 0. The monoisotopic (exact) mass is 297 g/mol. The highest BCUT2D eigenvalue weighted by atomic mass is 32.2. The van der Waals surface area contributed by atoms with E-state index in [1.54, 1.807) is 12.1 Å². The number of benzene rings is 1. The molecule has 2 rings (SSSR count). The van der Waals surface area contributed by atoms with Gasteiger partial charge >= 0.3 is 0 Å². The molecule has 0 radical (unpaired) electrons. The normalized spacial score (nSPS) is 10.4. The van der Waals surface area contributed by atoms with Crippen LogP contribution < -0.4 is 5.32 Å². The minimum absolute atomic E-state index is 0.108. The van der Waals surface area contributed by atoms with E-state index < -0.39 is 0 Å². The van der Waals surface area contributed by atoms with E-state index in [2.05, 4.69) is 15.5 Å².